The highest BCUT2D eigenvalue weighted by Gasteiger charge is 2.27. The van der Waals surface area contributed by atoms with E-state index < -0.39 is 0 Å². The van der Waals surface area contributed by atoms with Crippen molar-refractivity contribution in [2.24, 2.45) is 0 Å². The Morgan fingerprint density at radius 1 is 1.12 bits per heavy atom. The van der Waals surface area contributed by atoms with Gasteiger partial charge in [-0.3, -0.25) is 19.7 Å². The van der Waals surface area contributed by atoms with Gasteiger partial charge in [-0.25, -0.2) is 0 Å². The number of ether oxygens (including phenoxy) is 1. The van der Waals surface area contributed by atoms with Gasteiger partial charge in [-0.2, -0.15) is 0 Å². The monoisotopic (exact) mass is 320 g/mol. The minimum Gasteiger partial charge on any atom is -0.368 e. The standard InChI is InChI=1S/C18H16N4O2/c23-18(14-3-1-5-15-13(14)4-2-6-20-15)22-9-10-24-17(12-22)16-11-19-7-8-21-16/h1-8,11,17H,9-10,12H2. The molecule has 6 nitrogen and oxygen atoms in total. The van der Waals surface area contributed by atoms with E-state index in [9.17, 15) is 4.79 Å². The molecule has 1 atom stereocenters. The fourth-order valence-corrected chi connectivity index (χ4v) is 2.95. The average molecular weight is 320 g/mol. The Hall–Kier alpha value is -2.86. The summed E-state index contributed by atoms with van der Waals surface area (Å²) in [6.45, 7) is 1.51. The molecule has 6 heteroatoms. The first-order valence-corrected chi connectivity index (χ1v) is 7.83. The maximum atomic E-state index is 13.0. The lowest BCUT2D eigenvalue weighted by Crippen LogP contribution is -2.42. The topological polar surface area (TPSA) is 68.2 Å². The number of hydrogen-bond acceptors (Lipinski definition) is 5. The van der Waals surface area contributed by atoms with Crippen LogP contribution in [0.25, 0.3) is 10.9 Å². The van der Waals surface area contributed by atoms with E-state index in [1.807, 2.05) is 35.2 Å². The molecule has 1 fully saturated rings. The van der Waals surface area contributed by atoms with Gasteiger partial charge in [-0.05, 0) is 18.2 Å². The van der Waals surface area contributed by atoms with E-state index in [0.717, 1.165) is 16.6 Å². The molecule has 1 unspecified atom stereocenters. The second-order valence-electron chi connectivity index (χ2n) is 5.62. The number of nitrogens with zero attached hydrogens (tertiary/aromatic N) is 4. The van der Waals surface area contributed by atoms with E-state index in [-0.39, 0.29) is 12.0 Å². The molecule has 24 heavy (non-hydrogen) atoms. The molecule has 1 amide bonds. The van der Waals surface area contributed by atoms with Gasteiger partial charge in [0.15, 0.2) is 0 Å². The van der Waals surface area contributed by atoms with Crippen molar-refractivity contribution in [3.63, 3.8) is 0 Å². The van der Waals surface area contributed by atoms with Crippen molar-refractivity contribution < 1.29 is 9.53 Å². The number of hydrogen-bond donors (Lipinski definition) is 0. The van der Waals surface area contributed by atoms with Crippen LogP contribution in [0.1, 0.15) is 22.2 Å². The van der Waals surface area contributed by atoms with Crippen molar-refractivity contribution in [3.8, 4) is 0 Å². The van der Waals surface area contributed by atoms with Crippen molar-refractivity contribution in [2.75, 3.05) is 19.7 Å². The van der Waals surface area contributed by atoms with E-state index in [2.05, 4.69) is 15.0 Å². The summed E-state index contributed by atoms with van der Waals surface area (Å²) in [6, 6.07) is 9.40. The maximum absolute atomic E-state index is 13.0. The highest BCUT2D eigenvalue weighted by atomic mass is 16.5. The van der Waals surface area contributed by atoms with E-state index in [1.54, 1.807) is 24.8 Å². The summed E-state index contributed by atoms with van der Waals surface area (Å²) < 4.78 is 5.76. The van der Waals surface area contributed by atoms with Gasteiger partial charge in [0.05, 0.1) is 30.6 Å². The molecule has 2 aromatic heterocycles. The third-order valence-corrected chi connectivity index (χ3v) is 4.14. The molecule has 3 aromatic rings. The Bertz CT molecular complexity index is 864. The minimum absolute atomic E-state index is 0.00853. The smallest absolute Gasteiger partial charge is 0.254 e. The summed E-state index contributed by atoms with van der Waals surface area (Å²) in [4.78, 5) is 27.5. The molecule has 0 aliphatic carbocycles. The van der Waals surface area contributed by atoms with Crippen LogP contribution < -0.4 is 0 Å². The number of benzene rings is 1. The number of rotatable bonds is 2. The van der Waals surface area contributed by atoms with Gasteiger partial charge in [-0.15, -0.1) is 0 Å². The first-order valence-electron chi connectivity index (χ1n) is 7.83. The fraction of sp³-hybridized carbons (Fsp3) is 0.222. The Kier molecular flexibility index (Phi) is 3.88. The van der Waals surface area contributed by atoms with Crippen LogP contribution in [0.3, 0.4) is 0 Å². The van der Waals surface area contributed by atoms with Crippen LogP contribution >= 0.6 is 0 Å². The Morgan fingerprint density at radius 3 is 2.96 bits per heavy atom. The van der Waals surface area contributed by atoms with Gasteiger partial charge in [0.1, 0.15) is 6.10 Å². The van der Waals surface area contributed by atoms with Crippen LogP contribution in [0.4, 0.5) is 0 Å². The molecule has 0 bridgehead atoms. The van der Waals surface area contributed by atoms with Crippen LogP contribution in [0, 0.1) is 0 Å². The zero-order valence-corrected chi connectivity index (χ0v) is 13.0. The zero-order valence-electron chi connectivity index (χ0n) is 13.0. The zero-order chi connectivity index (χ0) is 16.4. The summed E-state index contributed by atoms with van der Waals surface area (Å²) in [6.07, 6.45) is 6.42. The molecule has 0 spiro atoms. The molecular weight excluding hydrogens is 304 g/mol. The lowest BCUT2D eigenvalue weighted by molar-refractivity contribution is -0.0248. The SMILES string of the molecule is O=C(c1cccc2ncccc12)N1CCOC(c2cnccn2)C1. The Labute approximate surface area is 139 Å². The molecular formula is C18H16N4O2. The number of carbonyl (C=O) groups excluding carboxylic acids is 1. The van der Waals surface area contributed by atoms with Crippen molar-refractivity contribution in [1.82, 2.24) is 19.9 Å². The van der Waals surface area contributed by atoms with E-state index in [0.29, 0.717) is 25.3 Å². The summed E-state index contributed by atoms with van der Waals surface area (Å²) >= 11 is 0. The number of aromatic nitrogens is 3. The average Bonchev–Trinajstić information content (AvgIpc) is 2.68. The number of amides is 1. The van der Waals surface area contributed by atoms with Gasteiger partial charge in [0.2, 0.25) is 0 Å². The molecule has 120 valence electrons. The normalized spacial score (nSPS) is 17.8. The van der Waals surface area contributed by atoms with Gasteiger partial charge >= 0.3 is 0 Å². The highest BCUT2D eigenvalue weighted by Crippen LogP contribution is 2.23. The fourth-order valence-electron chi connectivity index (χ4n) is 2.95. The third-order valence-electron chi connectivity index (χ3n) is 4.14. The van der Waals surface area contributed by atoms with Gasteiger partial charge in [0.25, 0.3) is 5.91 Å². The van der Waals surface area contributed by atoms with Crippen LogP contribution in [-0.2, 0) is 4.74 Å². The van der Waals surface area contributed by atoms with Gasteiger partial charge < -0.3 is 9.64 Å². The number of morpholine rings is 1. The van der Waals surface area contributed by atoms with Crippen LogP contribution in [0.2, 0.25) is 0 Å². The number of carbonyl (C=O) groups is 1. The molecule has 0 radical (unpaired) electrons. The Balaban J connectivity index is 1.62. The van der Waals surface area contributed by atoms with Gasteiger partial charge in [0, 0.05) is 36.1 Å². The van der Waals surface area contributed by atoms with E-state index in [4.69, 9.17) is 4.74 Å². The number of fused-ring (bicyclic) bond motifs is 1. The second-order valence-corrected chi connectivity index (χ2v) is 5.62. The maximum Gasteiger partial charge on any atom is 0.254 e. The largest absolute Gasteiger partial charge is 0.368 e. The van der Waals surface area contributed by atoms with Crippen molar-refractivity contribution in [2.45, 2.75) is 6.10 Å². The van der Waals surface area contributed by atoms with Crippen LogP contribution in [-0.4, -0.2) is 45.5 Å². The first kappa shape index (κ1) is 14.7. The summed E-state index contributed by atoms with van der Waals surface area (Å²) in [5, 5.41) is 0.868. The molecule has 4 rings (SSSR count). The van der Waals surface area contributed by atoms with E-state index >= 15 is 0 Å². The quantitative estimate of drug-likeness (QED) is 0.724. The third kappa shape index (κ3) is 2.72. The van der Waals surface area contributed by atoms with Crippen LogP contribution in [0.15, 0.2) is 55.1 Å². The molecule has 3 heterocycles. The lowest BCUT2D eigenvalue weighted by Gasteiger charge is -2.32. The summed E-state index contributed by atoms with van der Waals surface area (Å²) in [5.74, 6) is -0.00853. The molecule has 0 saturated carbocycles. The molecule has 0 N–H and O–H groups in total. The molecule has 1 aromatic carbocycles. The highest BCUT2D eigenvalue weighted by molar-refractivity contribution is 6.06. The first-order chi connectivity index (χ1) is 11.8. The van der Waals surface area contributed by atoms with Crippen molar-refractivity contribution >= 4 is 16.8 Å². The molecule has 1 saturated heterocycles. The van der Waals surface area contributed by atoms with Gasteiger partial charge in [-0.1, -0.05) is 12.1 Å². The summed E-state index contributed by atoms with van der Waals surface area (Å²) in [7, 11) is 0. The lowest BCUT2D eigenvalue weighted by atomic mass is 10.1. The van der Waals surface area contributed by atoms with Crippen LogP contribution in [0.5, 0.6) is 0 Å². The van der Waals surface area contributed by atoms with E-state index in [1.165, 1.54) is 0 Å². The summed E-state index contributed by atoms with van der Waals surface area (Å²) in [5.41, 5.74) is 2.23. The Morgan fingerprint density at radius 2 is 2.08 bits per heavy atom. The molecule has 1 aliphatic heterocycles. The second kappa shape index (κ2) is 6.33. The van der Waals surface area contributed by atoms with Crippen molar-refractivity contribution in [3.05, 3.63) is 66.4 Å². The predicted molar refractivity (Wildman–Crippen MR) is 88.4 cm³/mol. The molecule has 1 aliphatic rings. The minimum atomic E-state index is -0.246. The number of pyridine rings is 1. The van der Waals surface area contributed by atoms with Crippen molar-refractivity contribution in [1.29, 1.82) is 0 Å². The predicted octanol–water partition coefficient (Wildman–Crippen LogP) is 2.24.